The average Bonchev–Trinajstić information content (AvgIpc) is 2.36. The van der Waals surface area contributed by atoms with Crippen molar-refractivity contribution >= 4 is 11.8 Å². The Hall–Kier alpha value is -1.06. The molecule has 1 heterocycles. The van der Waals surface area contributed by atoms with Gasteiger partial charge in [0.2, 0.25) is 11.8 Å². The Morgan fingerprint density at radius 3 is 2.05 bits per heavy atom. The van der Waals surface area contributed by atoms with Crippen molar-refractivity contribution < 1.29 is 9.59 Å². The predicted molar refractivity (Wildman–Crippen MR) is 85.8 cm³/mol. The van der Waals surface area contributed by atoms with E-state index < -0.39 is 6.04 Å². The zero-order valence-electron chi connectivity index (χ0n) is 14.7. The molecule has 4 nitrogen and oxygen atoms in total. The molecule has 122 valence electrons. The van der Waals surface area contributed by atoms with Crippen molar-refractivity contribution in [2.45, 2.75) is 85.9 Å². The Morgan fingerprint density at radius 2 is 1.67 bits per heavy atom. The van der Waals surface area contributed by atoms with Gasteiger partial charge in [0.1, 0.15) is 12.1 Å². The second kappa shape index (κ2) is 6.80. The molecule has 2 atom stereocenters. The number of amides is 2. The van der Waals surface area contributed by atoms with Gasteiger partial charge in [-0.1, -0.05) is 48.5 Å². The minimum atomic E-state index is -0.422. The fraction of sp³-hybridized carbons (Fsp3) is 0.882. The highest BCUT2D eigenvalue weighted by Crippen LogP contribution is 2.29. The van der Waals surface area contributed by atoms with Crippen LogP contribution in [-0.4, -0.2) is 34.8 Å². The number of hydrogen-bond donors (Lipinski definition) is 1. The van der Waals surface area contributed by atoms with Gasteiger partial charge in [0.05, 0.1) is 0 Å². The second-order valence-corrected chi connectivity index (χ2v) is 7.67. The van der Waals surface area contributed by atoms with Crippen LogP contribution in [0.25, 0.3) is 0 Å². The maximum absolute atomic E-state index is 13.0. The summed E-state index contributed by atoms with van der Waals surface area (Å²) in [5, 5.41) is 2.96. The van der Waals surface area contributed by atoms with E-state index in [4.69, 9.17) is 0 Å². The summed E-state index contributed by atoms with van der Waals surface area (Å²) in [7, 11) is 0. The van der Waals surface area contributed by atoms with Gasteiger partial charge in [-0.2, -0.15) is 0 Å². The molecule has 0 radical (unpaired) electrons. The van der Waals surface area contributed by atoms with Gasteiger partial charge in [0.25, 0.3) is 0 Å². The van der Waals surface area contributed by atoms with Gasteiger partial charge >= 0.3 is 0 Å². The van der Waals surface area contributed by atoms with Crippen LogP contribution in [0.1, 0.15) is 67.7 Å². The highest BCUT2D eigenvalue weighted by Gasteiger charge is 2.46. The molecule has 0 saturated carbocycles. The van der Waals surface area contributed by atoms with Gasteiger partial charge in [0.15, 0.2) is 0 Å². The van der Waals surface area contributed by atoms with E-state index in [1.54, 1.807) is 0 Å². The number of piperazine rings is 1. The van der Waals surface area contributed by atoms with Crippen LogP contribution in [0.3, 0.4) is 0 Å². The quantitative estimate of drug-likeness (QED) is 0.848. The molecule has 1 N–H and O–H groups in total. The van der Waals surface area contributed by atoms with Crippen molar-refractivity contribution in [3.8, 4) is 0 Å². The lowest BCUT2D eigenvalue weighted by atomic mass is 9.82. The van der Waals surface area contributed by atoms with E-state index in [2.05, 4.69) is 33.0 Å². The normalized spacial score (nSPS) is 24.0. The fourth-order valence-electron chi connectivity index (χ4n) is 3.10. The third kappa shape index (κ3) is 3.98. The van der Waals surface area contributed by atoms with Crippen LogP contribution in [0, 0.1) is 11.3 Å². The first kappa shape index (κ1) is 18.0. The van der Waals surface area contributed by atoms with E-state index in [-0.39, 0.29) is 29.3 Å². The summed E-state index contributed by atoms with van der Waals surface area (Å²) in [5.41, 5.74) is -0.264. The molecule has 2 amide bonds. The molecule has 1 aliphatic rings. The van der Waals surface area contributed by atoms with Crippen LogP contribution in [-0.2, 0) is 9.59 Å². The molecular weight excluding hydrogens is 264 g/mol. The minimum Gasteiger partial charge on any atom is -0.342 e. The van der Waals surface area contributed by atoms with Crippen LogP contribution in [0.2, 0.25) is 0 Å². The lowest BCUT2D eigenvalue weighted by molar-refractivity contribution is -0.156. The smallest absolute Gasteiger partial charge is 0.246 e. The summed E-state index contributed by atoms with van der Waals surface area (Å²) < 4.78 is 0. The molecule has 21 heavy (non-hydrogen) atoms. The van der Waals surface area contributed by atoms with Crippen LogP contribution in [0.4, 0.5) is 0 Å². The molecule has 1 aliphatic heterocycles. The van der Waals surface area contributed by atoms with Crippen molar-refractivity contribution in [2.24, 2.45) is 11.3 Å². The van der Waals surface area contributed by atoms with E-state index >= 15 is 0 Å². The second-order valence-electron chi connectivity index (χ2n) is 7.67. The van der Waals surface area contributed by atoms with E-state index in [9.17, 15) is 9.59 Å². The number of carbonyl (C=O) groups is 2. The summed E-state index contributed by atoms with van der Waals surface area (Å²) in [6.45, 7) is 14.4. The van der Waals surface area contributed by atoms with Gasteiger partial charge in [-0.25, -0.2) is 0 Å². The molecule has 1 fully saturated rings. The van der Waals surface area contributed by atoms with Gasteiger partial charge in [-0.05, 0) is 30.6 Å². The van der Waals surface area contributed by atoms with Crippen molar-refractivity contribution in [3.63, 3.8) is 0 Å². The Labute approximate surface area is 129 Å². The van der Waals surface area contributed by atoms with Crippen LogP contribution < -0.4 is 5.32 Å². The molecule has 4 heteroatoms. The Kier molecular flexibility index (Phi) is 5.83. The zero-order valence-corrected chi connectivity index (χ0v) is 14.7. The van der Waals surface area contributed by atoms with Crippen LogP contribution in [0.5, 0.6) is 0 Å². The molecule has 1 saturated heterocycles. The third-order valence-electron chi connectivity index (χ3n) is 4.32. The van der Waals surface area contributed by atoms with E-state index in [0.29, 0.717) is 5.92 Å². The molecule has 0 aromatic rings. The zero-order chi connectivity index (χ0) is 16.4. The third-order valence-corrected chi connectivity index (χ3v) is 4.32. The SMILES string of the molecule is CCC(CC)N1C(=O)C(C(C)(C)C)NC(=O)C1CC(C)C. The van der Waals surface area contributed by atoms with Crippen LogP contribution in [0.15, 0.2) is 0 Å². The molecule has 0 aromatic carbocycles. The summed E-state index contributed by atoms with van der Waals surface area (Å²) in [6, 6.07) is -0.591. The van der Waals surface area contributed by atoms with Crippen molar-refractivity contribution in [3.05, 3.63) is 0 Å². The van der Waals surface area contributed by atoms with Gasteiger partial charge in [0, 0.05) is 6.04 Å². The molecule has 0 bridgehead atoms. The molecular formula is C17H32N2O2. The fourth-order valence-corrected chi connectivity index (χ4v) is 3.10. The number of nitrogens with one attached hydrogen (secondary N) is 1. The van der Waals surface area contributed by atoms with Gasteiger partial charge in [-0.3, -0.25) is 9.59 Å². The Morgan fingerprint density at radius 1 is 1.14 bits per heavy atom. The van der Waals surface area contributed by atoms with Gasteiger partial charge < -0.3 is 10.2 Å². The molecule has 1 rings (SSSR count). The summed E-state index contributed by atoms with van der Waals surface area (Å²) in [6.07, 6.45) is 2.51. The first-order chi connectivity index (χ1) is 9.63. The van der Waals surface area contributed by atoms with Crippen molar-refractivity contribution in [1.82, 2.24) is 10.2 Å². The van der Waals surface area contributed by atoms with E-state index in [0.717, 1.165) is 19.3 Å². The number of rotatable bonds is 5. The van der Waals surface area contributed by atoms with Crippen molar-refractivity contribution in [1.29, 1.82) is 0 Å². The highest BCUT2D eigenvalue weighted by atomic mass is 16.2. The monoisotopic (exact) mass is 296 g/mol. The lowest BCUT2D eigenvalue weighted by Crippen LogP contribution is -2.68. The maximum atomic E-state index is 13.0. The summed E-state index contributed by atoms with van der Waals surface area (Å²) in [4.78, 5) is 27.4. The number of nitrogens with zero attached hydrogens (tertiary/aromatic N) is 1. The molecule has 0 spiro atoms. The average molecular weight is 296 g/mol. The Bertz CT molecular complexity index is 381. The van der Waals surface area contributed by atoms with Crippen LogP contribution >= 0.6 is 0 Å². The largest absolute Gasteiger partial charge is 0.342 e. The lowest BCUT2D eigenvalue weighted by Gasteiger charge is -2.46. The Balaban J connectivity index is 3.16. The maximum Gasteiger partial charge on any atom is 0.246 e. The standard InChI is InChI=1S/C17H32N2O2/c1-8-12(9-2)19-13(10-11(3)4)15(20)18-14(16(19)21)17(5,6)7/h11-14H,8-10H2,1-7H3,(H,18,20). The molecule has 0 aromatic heterocycles. The topological polar surface area (TPSA) is 49.4 Å². The minimum absolute atomic E-state index is 0.00938. The molecule has 2 unspecified atom stereocenters. The van der Waals surface area contributed by atoms with Gasteiger partial charge in [-0.15, -0.1) is 0 Å². The number of carbonyl (C=O) groups excluding carboxylic acids is 2. The predicted octanol–water partition coefficient (Wildman–Crippen LogP) is 2.96. The first-order valence-corrected chi connectivity index (χ1v) is 8.25. The highest BCUT2D eigenvalue weighted by molar-refractivity contribution is 5.97. The van der Waals surface area contributed by atoms with E-state index in [1.807, 2.05) is 25.7 Å². The number of hydrogen-bond acceptors (Lipinski definition) is 2. The van der Waals surface area contributed by atoms with Crippen molar-refractivity contribution in [2.75, 3.05) is 0 Å². The van der Waals surface area contributed by atoms with E-state index in [1.165, 1.54) is 0 Å². The summed E-state index contributed by atoms with van der Waals surface area (Å²) in [5.74, 6) is 0.480. The molecule has 0 aliphatic carbocycles. The first-order valence-electron chi connectivity index (χ1n) is 8.25. The summed E-state index contributed by atoms with van der Waals surface area (Å²) >= 11 is 0.